The molecule has 3 fully saturated rings. The number of unbranched alkanes of at least 4 members (excludes halogenated alkanes) is 1. The fourth-order valence-corrected chi connectivity index (χ4v) is 10.6. The normalized spacial score (nSPS) is 22.0. The predicted molar refractivity (Wildman–Crippen MR) is 376 cm³/mol. The summed E-state index contributed by atoms with van der Waals surface area (Å²) >= 11 is 5.49. The molecule has 3 saturated heterocycles. The van der Waals surface area contributed by atoms with Crippen LogP contribution in [0.1, 0.15) is 53.0 Å². The van der Waals surface area contributed by atoms with Gasteiger partial charge in [-0.15, -0.1) is 23.5 Å². The first-order chi connectivity index (χ1) is 48.1. The van der Waals surface area contributed by atoms with Crippen LogP contribution in [0.2, 0.25) is 0 Å². The smallest absolute Gasteiger partial charge is 0.162 e. The van der Waals surface area contributed by atoms with E-state index in [2.05, 4.69) is 45.0 Å². The highest BCUT2D eigenvalue weighted by Gasteiger charge is 2.15. The van der Waals surface area contributed by atoms with E-state index >= 15 is 0 Å². The minimum atomic E-state index is -0.0510. The van der Waals surface area contributed by atoms with Crippen LogP contribution in [0, 0.1) is 0 Å². The van der Waals surface area contributed by atoms with Gasteiger partial charge in [-0.1, -0.05) is 33.3 Å². The Hall–Kier alpha value is -2.15. The zero-order chi connectivity index (χ0) is 68.9. The van der Waals surface area contributed by atoms with Gasteiger partial charge in [-0.2, -0.15) is 11.8 Å². The zero-order valence-electron chi connectivity index (χ0n) is 59.3. The lowest BCUT2D eigenvalue weighted by Crippen LogP contribution is -2.29. The molecule has 3 unspecified atom stereocenters. The van der Waals surface area contributed by atoms with E-state index in [1.807, 2.05) is 49.5 Å². The van der Waals surface area contributed by atoms with Crippen LogP contribution in [0.3, 0.4) is 0 Å². The second-order valence-electron chi connectivity index (χ2n) is 20.9. The van der Waals surface area contributed by atoms with Gasteiger partial charge in [0.1, 0.15) is 44.1 Å². The van der Waals surface area contributed by atoms with E-state index in [0.717, 1.165) is 46.0 Å². The molecule has 5 aliphatic rings. The molecule has 0 aliphatic carbocycles. The lowest BCUT2D eigenvalue weighted by atomic mass is 10.2. The summed E-state index contributed by atoms with van der Waals surface area (Å²) in [6, 6.07) is 12.2. The van der Waals surface area contributed by atoms with Gasteiger partial charge in [0.2, 0.25) is 0 Å². The van der Waals surface area contributed by atoms with E-state index in [1.54, 1.807) is 11.8 Å². The largest absolute Gasteiger partial charge is 0.487 e. The molecule has 0 N–H and O–H groups in total. The highest BCUT2D eigenvalue weighted by atomic mass is 32.2. The van der Waals surface area contributed by atoms with Crippen molar-refractivity contribution in [2.75, 3.05) is 301 Å². The van der Waals surface area contributed by atoms with E-state index in [0.29, 0.717) is 284 Å². The molecule has 2 aromatic carbocycles. The molecule has 5 heterocycles. The molecule has 0 amide bonds. The van der Waals surface area contributed by atoms with E-state index in [-0.39, 0.29) is 17.6 Å². The molecule has 7 rings (SSSR count). The molecular weight excluding hydrogens is 1320 g/mol. The summed E-state index contributed by atoms with van der Waals surface area (Å²) in [6.45, 7) is 35.2. The topological polar surface area (TPSA) is 231 Å². The maximum absolute atomic E-state index is 5.87. The average molecular weight is 1450 g/mol. The van der Waals surface area contributed by atoms with Gasteiger partial charge < -0.3 is 118 Å². The Morgan fingerprint density at radius 2 is 0.680 bits per heavy atom. The van der Waals surface area contributed by atoms with Crippen LogP contribution in [0.15, 0.2) is 41.3 Å². The minimum Gasteiger partial charge on any atom is -0.487 e. The molecule has 3 atom stereocenters. The molecule has 28 heteroatoms. The highest BCUT2D eigenvalue weighted by Crippen LogP contribution is 2.33. The molecule has 25 nitrogen and oxygen atoms in total. The van der Waals surface area contributed by atoms with Gasteiger partial charge >= 0.3 is 0 Å². The molecule has 0 aromatic heterocycles. The summed E-state index contributed by atoms with van der Waals surface area (Å²) in [4.78, 5) is 1.20. The maximum atomic E-state index is 5.87. The van der Waals surface area contributed by atoms with Crippen molar-refractivity contribution >= 4 is 35.3 Å². The van der Waals surface area contributed by atoms with Crippen LogP contribution in [0.4, 0.5) is 0 Å². The van der Waals surface area contributed by atoms with Crippen molar-refractivity contribution in [1.82, 2.24) is 0 Å². The van der Waals surface area contributed by atoms with Crippen LogP contribution in [0.25, 0.3) is 0 Å². The molecule has 0 radical (unpaired) electrons. The number of hydrogen-bond donors (Lipinski definition) is 0. The number of hydrogen-bond acceptors (Lipinski definition) is 28. The Kier molecular flexibility index (Phi) is 63.9. The molecule has 5 aliphatic heterocycles. The fourth-order valence-electron chi connectivity index (χ4n) is 8.22. The van der Waals surface area contributed by atoms with E-state index in [9.17, 15) is 0 Å². The molecule has 0 bridgehead atoms. The van der Waals surface area contributed by atoms with Crippen LogP contribution in [-0.4, -0.2) is 319 Å². The van der Waals surface area contributed by atoms with Crippen molar-refractivity contribution in [3.63, 3.8) is 0 Å². The third kappa shape index (κ3) is 54.2. The van der Waals surface area contributed by atoms with Crippen LogP contribution in [-0.2, 0) is 105 Å². The summed E-state index contributed by atoms with van der Waals surface area (Å²) in [5.74, 6) is 7.28. The summed E-state index contributed by atoms with van der Waals surface area (Å²) in [5.41, 5.74) is 1.36. The Morgan fingerprint density at radius 1 is 0.340 bits per heavy atom. The van der Waals surface area contributed by atoms with Crippen molar-refractivity contribution in [3.05, 3.63) is 42.0 Å². The second kappa shape index (κ2) is 69.6. The van der Waals surface area contributed by atoms with Crippen molar-refractivity contribution in [1.29, 1.82) is 0 Å². The molecule has 566 valence electrons. The van der Waals surface area contributed by atoms with Gasteiger partial charge in [0.15, 0.2) is 23.0 Å². The van der Waals surface area contributed by atoms with Gasteiger partial charge in [0.05, 0.1) is 244 Å². The first-order valence-corrected chi connectivity index (χ1v) is 38.1. The Bertz CT molecular complexity index is 1940. The van der Waals surface area contributed by atoms with Gasteiger partial charge in [0.25, 0.3) is 0 Å². The first kappa shape index (κ1) is 89.1. The summed E-state index contributed by atoms with van der Waals surface area (Å²) in [5, 5.41) is 0. The first-order valence-electron chi connectivity index (χ1n) is 34.9. The predicted octanol–water partition coefficient (Wildman–Crippen LogP) is 8.27. The Labute approximate surface area is 592 Å². The highest BCUT2D eigenvalue weighted by molar-refractivity contribution is 7.99. The standard InChI is InChI=1S/C18H28O5S.C17H26O5S.C13H26O6.C11H22O5.C10H20O4S/c1-2-3-14-24-16-4-5-17-18(15-16)23-13-11-21-9-7-19-6-8-20-10-12-22-17;1-2-23-14-15-3-4-16-17(13-15)22-12-10-20-8-6-18-5-7-19-9-11-21-16;1-2-14-11-13-12-18-8-7-16-4-3-15-5-6-17-9-10-19-13;1-2-12-9-11-10-15-6-5-13-3-4-14-7-8-16-11;1-2-15-10-9-13-6-5-11-3-4-12-7-8-14-10/h4-5,15H,2-3,6-14H2,1H3;3-4,13H,2,5-12,14H2,1H3;13H,2-12H2,1H3;11H,2-10H2,1H3;10H,2-9H2,1H3. The molecule has 0 saturated carbocycles. The molecule has 0 spiro atoms. The lowest BCUT2D eigenvalue weighted by molar-refractivity contribution is -0.0891. The van der Waals surface area contributed by atoms with E-state index in [1.165, 1.54) is 23.3 Å². The quantitative estimate of drug-likeness (QED) is 0.121. The van der Waals surface area contributed by atoms with E-state index < -0.39 is 0 Å². The molecular formula is C69H122O25S3. The number of ether oxygens (including phenoxy) is 25. The fraction of sp³-hybridized carbons (Fsp3) is 0.826. The maximum Gasteiger partial charge on any atom is 0.162 e. The minimum absolute atomic E-state index is 0.0111. The number of rotatable bonds is 15. The van der Waals surface area contributed by atoms with Gasteiger partial charge in [0, 0.05) is 23.9 Å². The van der Waals surface area contributed by atoms with Crippen LogP contribution in [0.5, 0.6) is 23.0 Å². The Morgan fingerprint density at radius 3 is 1.06 bits per heavy atom. The van der Waals surface area contributed by atoms with Crippen molar-refractivity contribution in [3.8, 4) is 23.0 Å². The molecule has 97 heavy (non-hydrogen) atoms. The number of fused-ring (bicyclic) bond motifs is 2. The van der Waals surface area contributed by atoms with Crippen molar-refractivity contribution in [2.24, 2.45) is 0 Å². The molecule has 2 aromatic rings. The second-order valence-corrected chi connectivity index (χ2v) is 24.7. The average Bonchev–Trinajstić information content (AvgIpc) is 1.04. The lowest BCUT2D eigenvalue weighted by Gasteiger charge is -2.19. The van der Waals surface area contributed by atoms with Crippen molar-refractivity contribution < 1.29 is 118 Å². The van der Waals surface area contributed by atoms with E-state index in [4.69, 9.17) is 118 Å². The number of thioether (sulfide) groups is 3. The summed E-state index contributed by atoms with van der Waals surface area (Å²) in [7, 11) is 0. The third-order valence-electron chi connectivity index (χ3n) is 13.1. The summed E-state index contributed by atoms with van der Waals surface area (Å²) < 4.78 is 137. The number of benzene rings is 2. The zero-order valence-corrected chi connectivity index (χ0v) is 61.7. The van der Waals surface area contributed by atoms with Gasteiger partial charge in [-0.05, 0) is 73.4 Å². The SMILES string of the molecule is CCCCSc1ccc2c(c1)OCCOCCOCCOCCO2.CCOCC1COCCOCCOCCO1.CCOCC1COCCOCCOCCOCCO1.CCSC1COCCOCCOCCO1.CCSCc1ccc2c(c1)OCCOCCOCCOCCO2. The summed E-state index contributed by atoms with van der Waals surface area (Å²) in [6.07, 6.45) is 2.36. The van der Waals surface area contributed by atoms with Crippen LogP contribution < -0.4 is 18.9 Å². The third-order valence-corrected chi connectivity index (χ3v) is 16.1. The van der Waals surface area contributed by atoms with Gasteiger partial charge in [-0.3, -0.25) is 0 Å². The van der Waals surface area contributed by atoms with Gasteiger partial charge in [-0.25, -0.2) is 0 Å². The van der Waals surface area contributed by atoms with Crippen molar-refractivity contribution in [2.45, 2.75) is 75.8 Å². The monoisotopic (exact) mass is 1450 g/mol. The Balaban J connectivity index is 0.000000319. The van der Waals surface area contributed by atoms with Crippen LogP contribution >= 0.6 is 35.3 Å².